The van der Waals surface area contributed by atoms with E-state index in [9.17, 15) is 13.2 Å². The molecule has 1 aromatic heterocycles. The van der Waals surface area contributed by atoms with Gasteiger partial charge in [-0.2, -0.15) is 0 Å². The Kier molecular flexibility index (Phi) is 6.47. The van der Waals surface area contributed by atoms with Gasteiger partial charge in [0.05, 0.1) is 11.3 Å². The van der Waals surface area contributed by atoms with E-state index in [-0.39, 0.29) is 20.6 Å². The minimum atomic E-state index is -3.77. The van der Waals surface area contributed by atoms with E-state index in [1.807, 2.05) is 31.2 Å². The number of hydrazine groups is 1. The number of carbonyl (C=O) groups is 1. The molecule has 0 aliphatic rings. The van der Waals surface area contributed by atoms with E-state index < -0.39 is 15.9 Å². The molecule has 7 nitrogen and oxygen atoms in total. The Morgan fingerprint density at radius 2 is 1.79 bits per heavy atom. The van der Waals surface area contributed by atoms with E-state index in [0.29, 0.717) is 0 Å². The van der Waals surface area contributed by atoms with Crippen molar-refractivity contribution < 1.29 is 13.2 Å². The molecule has 150 valence electrons. The number of anilines is 2. The molecule has 0 aliphatic heterocycles. The van der Waals surface area contributed by atoms with Crippen molar-refractivity contribution in [3.8, 4) is 0 Å². The molecule has 3 aromatic rings. The Labute approximate surface area is 178 Å². The van der Waals surface area contributed by atoms with Crippen molar-refractivity contribution in [2.24, 2.45) is 0 Å². The highest BCUT2D eigenvalue weighted by Crippen LogP contribution is 2.22. The highest BCUT2D eigenvalue weighted by molar-refractivity contribution is 7.94. The van der Waals surface area contributed by atoms with Gasteiger partial charge < -0.3 is 5.32 Å². The molecular formula is C19H18N4O3S3. The summed E-state index contributed by atoms with van der Waals surface area (Å²) in [5, 5.41) is 4.82. The first kappa shape index (κ1) is 20.8. The molecule has 0 fully saturated rings. The van der Waals surface area contributed by atoms with Crippen molar-refractivity contribution in [1.82, 2.24) is 10.9 Å². The zero-order valence-corrected chi connectivity index (χ0v) is 17.7. The number of benzene rings is 2. The van der Waals surface area contributed by atoms with Crippen LogP contribution >= 0.6 is 23.6 Å². The largest absolute Gasteiger partial charge is 0.331 e. The number of thiophene rings is 1. The van der Waals surface area contributed by atoms with Crippen LogP contribution < -0.4 is 20.9 Å². The van der Waals surface area contributed by atoms with Crippen molar-refractivity contribution in [2.45, 2.75) is 11.1 Å². The first-order chi connectivity index (χ1) is 13.8. The van der Waals surface area contributed by atoms with Gasteiger partial charge in [-0.3, -0.25) is 20.4 Å². The lowest BCUT2D eigenvalue weighted by atomic mass is 10.2. The molecule has 3 rings (SSSR count). The standard InChI is InChI=1S/C19H18N4O3S3/c1-13-6-4-7-14(12-13)20-19(27)22-21-18(24)15-8-2-3-9-16(15)23-29(25,26)17-10-5-11-28-17/h2-12,23H,1H3,(H,21,24)(H2,20,22,27). The summed E-state index contributed by atoms with van der Waals surface area (Å²) in [6, 6.07) is 17.0. The van der Waals surface area contributed by atoms with Gasteiger partial charge in [-0.1, -0.05) is 30.3 Å². The van der Waals surface area contributed by atoms with Crippen molar-refractivity contribution in [3.05, 3.63) is 77.2 Å². The highest BCUT2D eigenvalue weighted by atomic mass is 32.2. The number of para-hydroxylation sites is 1. The third-order valence-corrected chi connectivity index (χ3v) is 6.71. The molecule has 0 aliphatic carbocycles. The highest BCUT2D eigenvalue weighted by Gasteiger charge is 2.19. The quantitative estimate of drug-likeness (QED) is 0.354. The summed E-state index contributed by atoms with van der Waals surface area (Å²) in [6.07, 6.45) is 0. The maximum atomic E-state index is 12.6. The van der Waals surface area contributed by atoms with E-state index in [4.69, 9.17) is 12.2 Å². The van der Waals surface area contributed by atoms with Crippen LogP contribution in [0.4, 0.5) is 11.4 Å². The van der Waals surface area contributed by atoms with Gasteiger partial charge in [0.1, 0.15) is 4.21 Å². The van der Waals surface area contributed by atoms with Crippen molar-refractivity contribution in [1.29, 1.82) is 0 Å². The second-order valence-corrected chi connectivity index (χ2v) is 9.25. The lowest BCUT2D eigenvalue weighted by Crippen LogP contribution is -2.44. The normalized spacial score (nSPS) is 10.8. The lowest BCUT2D eigenvalue weighted by molar-refractivity contribution is 0.0945. The lowest BCUT2D eigenvalue weighted by Gasteiger charge is -2.14. The maximum Gasteiger partial charge on any atom is 0.271 e. The van der Waals surface area contributed by atoms with Gasteiger partial charge in [-0.25, -0.2) is 8.42 Å². The summed E-state index contributed by atoms with van der Waals surface area (Å²) in [7, 11) is -3.77. The van der Waals surface area contributed by atoms with E-state index in [1.54, 1.807) is 23.6 Å². The van der Waals surface area contributed by atoms with Crippen LogP contribution in [-0.4, -0.2) is 19.4 Å². The van der Waals surface area contributed by atoms with Crippen LogP contribution in [0, 0.1) is 6.92 Å². The fraction of sp³-hybridized carbons (Fsp3) is 0.0526. The SMILES string of the molecule is Cc1cccc(NC(=S)NNC(=O)c2ccccc2NS(=O)(=O)c2cccs2)c1. The first-order valence-corrected chi connectivity index (χ1v) is 11.2. The molecule has 2 aromatic carbocycles. The number of thiocarbonyl (C=S) groups is 1. The van der Waals surface area contributed by atoms with Crippen LogP contribution in [0.25, 0.3) is 0 Å². The Balaban J connectivity index is 1.66. The second-order valence-electron chi connectivity index (χ2n) is 5.99. The van der Waals surface area contributed by atoms with Gasteiger partial charge >= 0.3 is 0 Å². The Morgan fingerprint density at radius 3 is 2.52 bits per heavy atom. The van der Waals surface area contributed by atoms with Crippen molar-refractivity contribution >= 4 is 56.0 Å². The fourth-order valence-electron chi connectivity index (χ4n) is 2.45. The number of hydrogen-bond donors (Lipinski definition) is 4. The zero-order chi connectivity index (χ0) is 20.9. The predicted octanol–water partition coefficient (Wildman–Crippen LogP) is 3.49. The number of nitrogens with one attached hydrogen (secondary N) is 4. The summed E-state index contributed by atoms with van der Waals surface area (Å²) in [6.45, 7) is 1.96. The van der Waals surface area contributed by atoms with Gasteiger partial charge in [0.25, 0.3) is 15.9 Å². The van der Waals surface area contributed by atoms with Crippen LogP contribution in [0.3, 0.4) is 0 Å². The molecule has 10 heteroatoms. The monoisotopic (exact) mass is 446 g/mol. The smallest absolute Gasteiger partial charge is 0.271 e. The van der Waals surface area contributed by atoms with E-state index in [2.05, 4.69) is 20.9 Å². The van der Waals surface area contributed by atoms with E-state index >= 15 is 0 Å². The second kappa shape index (κ2) is 9.03. The molecule has 0 spiro atoms. The topological polar surface area (TPSA) is 99.3 Å². The number of amides is 1. The van der Waals surface area contributed by atoms with Crippen LogP contribution in [0.1, 0.15) is 15.9 Å². The summed E-state index contributed by atoms with van der Waals surface area (Å²) in [5.41, 5.74) is 7.24. The van der Waals surface area contributed by atoms with Crippen LogP contribution in [0.15, 0.2) is 70.3 Å². The van der Waals surface area contributed by atoms with Gasteiger partial charge in [-0.05, 0) is 60.4 Å². The number of hydrogen-bond acceptors (Lipinski definition) is 5. The minimum absolute atomic E-state index is 0.151. The number of aryl methyl sites for hydroxylation is 1. The minimum Gasteiger partial charge on any atom is -0.331 e. The molecule has 0 atom stereocenters. The molecule has 29 heavy (non-hydrogen) atoms. The first-order valence-electron chi connectivity index (χ1n) is 8.44. The number of carbonyl (C=O) groups excluding carboxylic acids is 1. The van der Waals surface area contributed by atoms with Crippen LogP contribution in [0.2, 0.25) is 0 Å². The molecule has 0 saturated heterocycles. The summed E-state index contributed by atoms with van der Waals surface area (Å²) in [5.74, 6) is -0.539. The third kappa shape index (κ3) is 5.53. The molecule has 0 bridgehead atoms. The molecule has 0 saturated carbocycles. The van der Waals surface area contributed by atoms with Gasteiger partial charge in [0.2, 0.25) is 0 Å². The number of rotatable bonds is 5. The summed E-state index contributed by atoms with van der Waals surface area (Å²) >= 11 is 6.27. The van der Waals surface area contributed by atoms with Gasteiger partial charge in [-0.15, -0.1) is 11.3 Å². The molecular weight excluding hydrogens is 428 g/mol. The van der Waals surface area contributed by atoms with Gasteiger partial charge in [0, 0.05) is 5.69 Å². The maximum absolute atomic E-state index is 12.6. The molecule has 0 unspecified atom stereocenters. The molecule has 0 radical (unpaired) electrons. The van der Waals surface area contributed by atoms with E-state index in [1.165, 1.54) is 18.2 Å². The van der Waals surface area contributed by atoms with Crippen molar-refractivity contribution in [2.75, 3.05) is 10.0 Å². The van der Waals surface area contributed by atoms with Crippen LogP contribution in [-0.2, 0) is 10.0 Å². The molecule has 1 heterocycles. The van der Waals surface area contributed by atoms with Crippen molar-refractivity contribution in [3.63, 3.8) is 0 Å². The van der Waals surface area contributed by atoms with Crippen LogP contribution in [0.5, 0.6) is 0 Å². The Hall–Kier alpha value is -2.95. The van der Waals surface area contributed by atoms with E-state index in [0.717, 1.165) is 22.6 Å². The number of sulfonamides is 1. The summed E-state index contributed by atoms with van der Waals surface area (Å²) < 4.78 is 27.5. The molecule has 1 amide bonds. The Morgan fingerprint density at radius 1 is 1.00 bits per heavy atom. The predicted molar refractivity (Wildman–Crippen MR) is 120 cm³/mol. The molecule has 4 N–H and O–H groups in total. The zero-order valence-electron chi connectivity index (χ0n) is 15.3. The average Bonchev–Trinajstić information content (AvgIpc) is 3.22. The average molecular weight is 447 g/mol. The summed E-state index contributed by atoms with van der Waals surface area (Å²) in [4.78, 5) is 12.6. The Bertz CT molecular complexity index is 1130. The fourth-order valence-corrected chi connectivity index (χ4v) is 4.69. The third-order valence-electron chi connectivity index (χ3n) is 3.74. The van der Waals surface area contributed by atoms with Gasteiger partial charge in [0.15, 0.2) is 5.11 Å².